The minimum atomic E-state index is -4.39. The molecule has 2 heterocycles. The summed E-state index contributed by atoms with van der Waals surface area (Å²) in [5, 5.41) is 6.41. The Bertz CT molecular complexity index is 416. The number of alkyl halides is 3. The van der Waals surface area contributed by atoms with Gasteiger partial charge in [0.05, 0.1) is 0 Å². The maximum absolute atomic E-state index is 12.5. The molecular weight excluding hydrogens is 277 g/mol. The lowest BCUT2D eigenvalue weighted by molar-refractivity contribution is -0.138. The zero-order chi connectivity index (χ0) is 14.0. The molecule has 108 valence electrons. The Balaban J connectivity index is 2.03. The van der Waals surface area contributed by atoms with Crippen LogP contribution in [-0.4, -0.2) is 47.3 Å². The van der Waals surface area contributed by atoms with Crippen LogP contribution in [0.1, 0.15) is 25.3 Å². The molecule has 1 fully saturated rings. The van der Waals surface area contributed by atoms with E-state index in [0.717, 1.165) is 32.6 Å². The van der Waals surface area contributed by atoms with E-state index in [4.69, 9.17) is 0 Å². The first-order valence-electron chi connectivity index (χ1n) is 6.35. The Labute approximate surface area is 114 Å². The van der Waals surface area contributed by atoms with Crippen LogP contribution in [0.4, 0.5) is 18.3 Å². The standard InChI is InChI=1S/C11H17F3N4S/c1-3-17(4-2)8-5-6-18(7-8)10-16-15-9(19-10)11(12,13)14/h8H,3-7H2,1-2H3. The number of anilines is 1. The van der Waals surface area contributed by atoms with E-state index in [0.29, 0.717) is 22.5 Å². The zero-order valence-corrected chi connectivity index (χ0v) is 11.8. The third kappa shape index (κ3) is 3.17. The highest BCUT2D eigenvalue weighted by Gasteiger charge is 2.37. The van der Waals surface area contributed by atoms with E-state index in [2.05, 4.69) is 28.9 Å². The molecule has 2 rings (SSSR count). The van der Waals surface area contributed by atoms with Crippen molar-refractivity contribution >= 4 is 16.5 Å². The predicted octanol–water partition coefficient (Wildman–Crippen LogP) is 2.48. The summed E-state index contributed by atoms with van der Waals surface area (Å²) in [6, 6.07) is 0.397. The number of rotatable bonds is 4. The average Bonchev–Trinajstić information content (AvgIpc) is 2.97. The molecule has 1 aliphatic rings. The van der Waals surface area contributed by atoms with Crippen molar-refractivity contribution in [1.29, 1.82) is 0 Å². The summed E-state index contributed by atoms with van der Waals surface area (Å²) in [4.78, 5) is 4.22. The van der Waals surface area contributed by atoms with Crippen LogP contribution in [-0.2, 0) is 6.18 Å². The van der Waals surface area contributed by atoms with Crippen molar-refractivity contribution in [3.63, 3.8) is 0 Å². The highest BCUT2D eigenvalue weighted by atomic mass is 32.1. The summed E-state index contributed by atoms with van der Waals surface area (Å²) in [5.41, 5.74) is 0. The summed E-state index contributed by atoms with van der Waals surface area (Å²) in [7, 11) is 0. The fourth-order valence-electron chi connectivity index (χ4n) is 2.41. The summed E-state index contributed by atoms with van der Waals surface area (Å²) in [5.74, 6) is 0. The van der Waals surface area contributed by atoms with Crippen molar-refractivity contribution in [2.24, 2.45) is 0 Å². The van der Waals surface area contributed by atoms with Gasteiger partial charge in [-0.25, -0.2) is 0 Å². The van der Waals surface area contributed by atoms with Crippen LogP contribution >= 0.6 is 11.3 Å². The molecule has 0 saturated carbocycles. The lowest BCUT2D eigenvalue weighted by atomic mass is 10.2. The SMILES string of the molecule is CCN(CC)C1CCN(c2nnc(C(F)(F)F)s2)C1. The molecule has 0 amide bonds. The molecule has 0 N–H and O–H groups in total. The summed E-state index contributed by atoms with van der Waals surface area (Å²) in [6.45, 7) is 7.58. The van der Waals surface area contributed by atoms with Crippen molar-refractivity contribution in [1.82, 2.24) is 15.1 Å². The average molecular weight is 294 g/mol. The molecular formula is C11H17F3N4S. The van der Waals surface area contributed by atoms with Crippen LogP contribution in [0.3, 0.4) is 0 Å². The second-order valence-corrected chi connectivity index (χ2v) is 5.45. The molecule has 1 aromatic rings. The Morgan fingerprint density at radius 1 is 1.32 bits per heavy atom. The molecule has 1 aromatic heterocycles. The lowest BCUT2D eigenvalue weighted by Gasteiger charge is -2.25. The molecule has 1 saturated heterocycles. The van der Waals surface area contributed by atoms with E-state index >= 15 is 0 Å². The molecule has 0 radical (unpaired) electrons. The molecule has 1 atom stereocenters. The number of aromatic nitrogens is 2. The third-order valence-corrected chi connectivity index (χ3v) is 4.45. The summed E-state index contributed by atoms with van der Waals surface area (Å²) >= 11 is 0.626. The van der Waals surface area contributed by atoms with E-state index in [1.54, 1.807) is 0 Å². The van der Waals surface area contributed by atoms with Gasteiger partial charge in [-0.05, 0) is 19.5 Å². The molecule has 19 heavy (non-hydrogen) atoms. The molecule has 0 bridgehead atoms. The second kappa shape index (κ2) is 5.62. The summed E-state index contributed by atoms with van der Waals surface area (Å²) < 4.78 is 37.5. The van der Waals surface area contributed by atoms with Gasteiger partial charge in [-0.2, -0.15) is 13.2 Å². The van der Waals surface area contributed by atoms with E-state index in [-0.39, 0.29) is 0 Å². The van der Waals surface area contributed by atoms with Crippen molar-refractivity contribution in [3.05, 3.63) is 5.01 Å². The highest BCUT2D eigenvalue weighted by molar-refractivity contribution is 7.15. The Kier molecular flexibility index (Phi) is 4.29. The van der Waals surface area contributed by atoms with E-state index in [9.17, 15) is 13.2 Å². The van der Waals surface area contributed by atoms with Crippen LogP contribution in [0, 0.1) is 0 Å². The van der Waals surface area contributed by atoms with Crippen molar-refractivity contribution < 1.29 is 13.2 Å². The quantitative estimate of drug-likeness (QED) is 0.854. The minimum Gasteiger partial charge on any atom is -0.345 e. The number of halogens is 3. The third-order valence-electron chi connectivity index (χ3n) is 3.42. The van der Waals surface area contributed by atoms with Crippen LogP contribution in [0.2, 0.25) is 0 Å². The van der Waals surface area contributed by atoms with Gasteiger partial charge in [0.1, 0.15) is 0 Å². The van der Waals surface area contributed by atoms with Crippen LogP contribution < -0.4 is 4.90 Å². The topological polar surface area (TPSA) is 32.3 Å². The number of hydrogen-bond donors (Lipinski definition) is 0. The maximum atomic E-state index is 12.5. The van der Waals surface area contributed by atoms with Gasteiger partial charge in [-0.3, -0.25) is 4.90 Å². The van der Waals surface area contributed by atoms with E-state index in [1.807, 2.05) is 4.90 Å². The second-order valence-electron chi connectivity index (χ2n) is 4.50. The van der Waals surface area contributed by atoms with Gasteiger partial charge in [-0.1, -0.05) is 25.2 Å². The van der Waals surface area contributed by atoms with Crippen molar-refractivity contribution in [3.8, 4) is 0 Å². The summed E-state index contributed by atoms with van der Waals surface area (Å²) in [6.07, 6.45) is -3.43. The number of hydrogen-bond acceptors (Lipinski definition) is 5. The fourth-order valence-corrected chi connectivity index (χ4v) is 3.16. The molecule has 0 aromatic carbocycles. The Morgan fingerprint density at radius 2 is 2.00 bits per heavy atom. The zero-order valence-electron chi connectivity index (χ0n) is 10.9. The van der Waals surface area contributed by atoms with Crippen LogP contribution in [0.25, 0.3) is 0 Å². The number of likely N-dealkylation sites (N-methyl/N-ethyl adjacent to an activating group) is 1. The van der Waals surface area contributed by atoms with E-state index in [1.165, 1.54) is 0 Å². The van der Waals surface area contributed by atoms with Gasteiger partial charge >= 0.3 is 6.18 Å². The van der Waals surface area contributed by atoms with Gasteiger partial charge in [0.2, 0.25) is 10.1 Å². The van der Waals surface area contributed by atoms with Crippen LogP contribution in [0.15, 0.2) is 0 Å². The lowest BCUT2D eigenvalue weighted by Crippen LogP contribution is -2.37. The highest BCUT2D eigenvalue weighted by Crippen LogP contribution is 2.35. The van der Waals surface area contributed by atoms with Gasteiger partial charge in [0, 0.05) is 19.1 Å². The minimum absolute atomic E-state index is 0.377. The predicted molar refractivity (Wildman–Crippen MR) is 68.5 cm³/mol. The fraction of sp³-hybridized carbons (Fsp3) is 0.818. The maximum Gasteiger partial charge on any atom is 0.445 e. The van der Waals surface area contributed by atoms with Crippen molar-refractivity contribution in [2.45, 2.75) is 32.5 Å². The smallest absolute Gasteiger partial charge is 0.345 e. The number of nitrogens with zero attached hydrogens (tertiary/aromatic N) is 4. The molecule has 0 spiro atoms. The molecule has 4 nitrogen and oxygen atoms in total. The normalized spacial score (nSPS) is 20.5. The molecule has 1 unspecified atom stereocenters. The first-order chi connectivity index (χ1) is 8.95. The Hall–Kier alpha value is -0.890. The van der Waals surface area contributed by atoms with Gasteiger partial charge in [-0.15, -0.1) is 10.2 Å². The van der Waals surface area contributed by atoms with Gasteiger partial charge < -0.3 is 4.90 Å². The van der Waals surface area contributed by atoms with Crippen LogP contribution in [0.5, 0.6) is 0 Å². The van der Waals surface area contributed by atoms with E-state index < -0.39 is 11.2 Å². The van der Waals surface area contributed by atoms with Gasteiger partial charge in [0.25, 0.3) is 0 Å². The van der Waals surface area contributed by atoms with Gasteiger partial charge in [0.15, 0.2) is 0 Å². The first-order valence-corrected chi connectivity index (χ1v) is 7.17. The molecule has 1 aliphatic heterocycles. The van der Waals surface area contributed by atoms with Crippen molar-refractivity contribution in [2.75, 3.05) is 31.1 Å². The first kappa shape index (κ1) is 14.5. The molecule has 0 aliphatic carbocycles. The Morgan fingerprint density at radius 3 is 2.53 bits per heavy atom. The monoisotopic (exact) mass is 294 g/mol. The molecule has 8 heteroatoms. The largest absolute Gasteiger partial charge is 0.445 e.